The molecule has 12 nitrogen and oxygen atoms in total. The Labute approximate surface area is 227 Å². The molecule has 1 aliphatic rings. The fourth-order valence-electron chi connectivity index (χ4n) is 4.18. The second-order valence-corrected chi connectivity index (χ2v) is 9.46. The Kier molecular flexibility index (Phi) is 10.8. The molecule has 4 amide bonds. The van der Waals surface area contributed by atoms with Gasteiger partial charge in [-0.3, -0.25) is 19.2 Å². The van der Waals surface area contributed by atoms with Gasteiger partial charge < -0.3 is 44.0 Å². The van der Waals surface area contributed by atoms with Crippen LogP contribution in [-0.4, -0.2) is 59.4 Å². The lowest BCUT2D eigenvalue weighted by Crippen LogP contribution is -2.58. The van der Waals surface area contributed by atoms with E-state index in [2.05, 4.69) is 16.0 Å². The summed E-state index contributed by atoms with van der Waals surface area (Å²) < 4.78 is 0. The summed E-state index contributed by atoms with van der Waals surface area (Å²) in [5.74, 6) is -2.64. The molecule has 0 saturated carbocycles. The van der Waals surface area contributed by atoms with Crippen molar-refractivity contribution in [3.8, 4) is 16.9 Å². The van der Waals surface area contributed by atoms with Crippen molar-refractivity contribution in [2.24, 2.45) is 17.2 Å². The molecule has 1 aliphatic heterocycles. The number of amides is 4. The lowest BCUT2D eigenvalue weighted by Gasteiger charge is -2.25. The number of carbonyl (C=O) groups is 4. The van der Waals surface area contributed by atoms with Gasteiger partial charge in [-0.15, -0.1) is 0 Å². The maximum absolute atomic E-state index is 13.3. The Bertz CT molecular complexity index is 1220. The van der Waals surface area contributed by atoms with Crippen molar-refractivity contribution in [2.45, 2.75) is 64.2 Å². The van der Waals surface area contributed by atoms with Gasteiger partial charge in [0, 0.05) is 18.5 Å². The monoisotopic (exact) mass is 541 g/mol. The van der Waals surface area contributed by atoms with Gasteiger partial charge in [0.05, 0.1) is 6.04 Å². The first-order valence-corrected chi connectivity index (χ1v) is 12.4. The van der Waals surface area contributed by atoms with Gasteiger partial charge in [-0.1, -0.05) is 19.6 Å². The fraction of sp³-hybridized carbons (Fsp3) is 0.407. The summed E-state index contributed by atoms with van der Waals surface area (Å²) in [4.78, 5) is 50.9. The van der Waals surface area contributed by atoms with Crippen LogP contribution < -0.4 is 38.9 Å². The third-order valence-corrected chi connectivity index (χ3v) is 6.50. The molecule has 2 aromatic rings. The lowest BCUT2D eigenvalue weighted by atomic mass is 9.95. The number of aromatic hydroxyl groups is 1. The molecule has 12 N–H and O–H groups in total. The van der Waals surface area contributed by atoms with Crippen LogP contribution in [0.1, 0.15) is 38.3 Å². The largest absolute Gasteiger partial charge is 0.508 e. The Morgan fingerprint density at radius 3 is 2.33 bits per heavy atom. The van der Waals surface area contributed by atoms with Crippen molar-refractivity contribution in [1.82, 2.24) is 16.0 Å². The van der Waals surface area contributed by atoms with E-state index in [0.717, 1.165) is 11.1 Å². The van der Waals surface area contributed by atoms with E-state index >= 15 is 0 Å². The first kappa shape index (κ1) is 31.1. The molecule has 0 radical (unpaired) electrons. The molecule has 2 aromatic carbocycles. The van der Waals surface area contributed by atoms with Crippen LogP contribution in [0, 0.1) is 0 Å². The molecular formula is C27H39N7O5. The Hall–Kier alpha value is -4.16. The van der Waals surface area contributed by atoms with Crippen LogP contribution in [0.2, 0.25) is 0 Å². The molecule has 0 fully saturated rings. The van der Waals surface area contributed by atoms with E-state index < -0.39 is 47.8 Å². The summed E-state index contributed by atoms with van der Waals surface area (Å²) in [5.41, 5.74) is 26.2. The predicted molar refractivity (Wildman–Crippen MR) is 149 cm³/mol. The molecule has 4 atom stereocenters. The SMILES string of the molecule is C.C[C@H](NC(=O)[C@@H]1Cc2cc(ccc2N)-c2ccc(O)c(c2)C[C@H](N)C(=O)N[C@@H](CCCN)C(=O)N1)C(N)=O. The summed E-state index contributed by atoms with van der Waals surface area (Å²) in [5, 5.41) is 18.2. The van der Waals surface area contributed by atoms with Gasteiger partial charge in [0.1, 0.15) is 23.9 Å². The number of carbonyl (C=O) groups excluding carboxylic acids is 4. The van der Waals surface area contributed by atoms with Crippen LogP contribution in [0.15, 0.2) is 36.4 Å². The molecule has 1 heterocycles. The van der Waals surface area contributed by atoms with E-state index in [0.29, 0.717) is 23.2 Å². The molecule has 0 aliphatic carbocycles. The zero-order valence-electron chi connectivity index (χ0n) is 21.2. The fourth-order valence-corrected chi connectivity index (χ4v) is 4.18. The number of phenols is 1. The smallest absolute Gasteiger partial charge is 0.243 e. The minimum absolute atomic E-state index is 0. The second-order valence-electron chi connectivity index (χ2n) is 9.46. The van der Waals surface area contributed by atoms with Crippen LogP contribution in [0.4, 0.5) is 5.69 Å². The molecule has 0 spiro atoms. The Morgan fingerprint density at radius 2 is 1.69 bits per heavy atom. The van der Waals surface area contributed by atoms with Crippen LogP contribution >= 0.6 is 0 Å². The minimum Gasteiger partial charge on any atom is -0.508 e. The average Bonchev–Trinajstić information content (AvgIpc) is 2.87. The van der Waals surface area contributed by atoms with Gasteiger partial charge in [0.15, 0.2) is 0 Å². The summed E-state index contributed by atoms with van der Waals surface area (Å²) in [6, 6.07) is 5.97. The summed E-state index contributed by atoms with van der Waals surface area (Å²) in [7, 11) is 0. The van der Waals surface area contributed by atoms with Crippen molar-refractivity contribution in [3.63, 3.8) is 0 Å². The first-order valence-electron chi connectivity index (χ1n) is 12.4. The molecule has 0 unspecified atom stereocenters. The normalized spacial score (nSPS) is 20.2. The molecular weight excluding hydrogens is 502 g/mol. The van der Waals surface area contributed by atoms with E-state index in [1.54, 1.807) is 30.3 Å². The highest BCUT2D eigenvalue weighted by atomic mass is 16.3. The van der Waals surface area contributed by atoms with Gasteiger partial charge in [-0.05, 0) is 72.8 Å². The number of benzene rings is 2. The zero-order chi connectivity index (χ0) is 28.0. The van der Waals surface area contributed by atoms with Crippen molar-refractivity contribution in [2.75, 3.05) is 12.3 Å². The number of fused-ring (bicyclic) bond motifs is 5. The summed E-state index contributed by atoms with van der Waals surface area (Å²) >= 11 is 0. The lowest BCUT2D eigenvalue weighted by molar-refractivity contribution is -0.133. The van der Waals surface area contributed by atoms with Crippen LogP contribution in [0.25, 0.3) is 11.1 Å². The number of anilines is 1. The molecule has 12 heteroatoms. The zero-order valence-corrected chi connectivity index (χ0v) is 21.2. The van der Waals surface area contributed by atoms with E-state index in [9.17, 15) is 24.3 Å². The van der Waals surface area contributed by atoms with Crippen molar-refractivity contribution in [1.29, 1.82) is 0 Å². The maximum Gasteiger partial charge on any atom is 0.243 e. The number of primary amides is 1. The maximum atomic E-state index is 13.3. The number of nitrogens with one attached hydrogen (secondary N) is 3. The first-order chi connectivity index (χ1) is 18.0. The second kappa shape index (κ2) is 13.6. The van der Waals surface area contributed by atoms with Crippen molar-refractivity contribution in [3.05, 3.63) is 47.5 Å². The third-order valence-electron chi connectivity index (χ3n) is 6.50. The van der Waals surface area contributed by atoms with E-state index in [1.165, 1.54) is 13.0 Å². The molecule has 212 valence electrons. The quantitative estimate of drug-likeness (QED) is 0.220. The van der Waals surface area contributed by atoms with Gasteiger partial charge in [-0.25, -0.2) is 0 Å². The number of nitrogens with two attached hydrogens (primary N) is 4. The molecule has 3 rings (SSSR count). The number of rotatable bonds is 6. The highest BCUT2D eigenvalue weighted by Crippen LogP contribution is 2.29. The van der Waals surface area contributed by atoms with Crippen LogP contribution in [-0.2, 0) is 32.0 Å². The minimum atomic E-state index is -1.15. The highest BCUT2D eigenvalue weighted by Gasteiger charge is 2.30. The standard InChI is InChI=1S/C26H35N7O5.CH4/c1-13(23(30)35)31-26(38)21-12-16-9-14(4-6-18(16)28)15-5-7-22(34)17(10-15)11-19(29)24(36)32-20(3-2-8-27)25(37)33-21;/h4-7,9-10,13,19-21,34H,2-3,8,11-12,27-29H2,1H3,(H2,30,35)(H,31,38)(H,32,36)(H,33,37);1H4/t13-,19-,20-,21-;/m0./s1. The van der Waals surface area contributed by atoms with Gasteiger partial charge in [0.25, 0.3) is 0 Å². The number of hydrogen-bond donors (Lipinski definition) is 8. The van der Waals surface area contributed by atoms with E-state index in [-0.39, 0.29) is 39.0 Å². The molecule has 39 heavy (non-hydrogen) atoms. The number of nitrogen functional groups attached to an aromatic ring is 1. The Balaban J connectivity index is 0.00000533. The van der Waals surface area contributed by atoms with Gasteiger partial charge in [-0.2, -0.15) is 0 Å². The number of phenolic OH excluding ortho intramolecular Hbond substituents is 1. The third kappa shape index (κ3) is 7.91. The van der Waals surface area contributed by atoms with Gasteiger partial charge in [0.2, 0.25) is 23.6 Å². The Morgan fingerprint density at radius 1 is 1.05 bits per heavy atom. The number of hydrogen-bond acceptors (Lipinski definition) is 8. The average molecular weight is 542 g/mol. The van der Waals surface area contributed by atoms with Gasteiger partial charge >= 0.3 is 0 Å². The predicted octanol–water partition coefficient (Wildman–Crippen LogP) is -0.598. The molecule has 4 bridgehead atoms. The van der Waals surface area contributed by atoms with E-state index in [4.69, 9.17) is 22.9 Å². The highest BCUT2D eigenvalue weighted by molar-refractivity contribution is 5.95. The van der Waals surface area contributed by atoms with Crippen molar-refractivity contribution >= 4 is 29.3 Å². The van der Waals surface area contributed by atoms with Crippen LogP contribution in [0.5, 0.6) is 5.75 Å². The topological polar surface area (TPSA) is 229 Å². The summed E-state index contributed by atoms with van der Waals surface area (Å²) in [6.45, 7) is 1.70. The van der Waals surface area contributed by atoms with Crippen molar-refractivity contribution < 1.29 is 24.3 Å². The summed E-state index contributed by atoms with van der Waals surface area (Å²) in [6.07, 6.45) is 0.630. The van der Waals surface area contributed by atoms with Crippen LogP contribution in [0.3, 0.4) is 0 Å². The molecule has 0 aromatic heterocycles. The van der Waals surface area contributed by atoms with E-state index in [1.807, 2.05) is 0 Å². The molecule has 0 saturated heterocycles.